The van der Waals surface area contributed by atoms with E-state index in [9.17, 15) is 30.6 Å². The van der Waals surface area contributed by atoms with E-state index in [4.69, 9.17) is 0 Å². The molecule has 6 N–H and O–H groups in total. The first kappa shape index (κ1) is 43.8. The van der Waals surface area contributed by atoms with Gasteiger partial charge in [-0.1, -0.05) is 212 Å². The fourth-order valence-corrected chi connectivity index (χ4v) is 7.25. The Morgan fingerprint density at radius 2 is 0.283 bits per heavy atom. The van der Waals surface area contributed by atoms with Crippen LogP contribution in [0.15, 0.2) is 0 Å². The molecule has 0 saturated heterocycles. The van der Waals surface area contributed by atoms with Gasteiger partial charge in [0, 0.05) is 12.8 Å². The van der Waals surface area contributed by atoms with E-state index in [1.54, 1.807) is 0 Å². The fraction of sp³-hybridized carbons (Fsp3) is 1.00. The van der Waals surface area contributed by atoms with Crippen LogP contribution in [0.25, 0.3) is 0 Å². The summed E-state index contributed by atoms with van der Waals surface area (Å²) in [6.07, 6.45) is 42.3. The van der Waals surface area contributed by atoms with E-state index in [-0.39, 0.29) is 12.8 Å². The highest BCUT2D eigenvalue weighted by Gasteiger charge is 2.60. The summed E-state index contributed by atoms with van der Waals surface area (Å²) in [5.41, 5.74) is 0. The molecule has 0 heterocycles. The number of hydrogen-bond acceptors (Lipinski definition) is 6. The molecule has 46 heavy (non-hydrogen) atoms. The van der Waals surface area contributed by atoms with Crippen LogP contribution >= 0.6 is 0 Å². The lowest BCUT2D eigenvalue weighted by molar-refractivity contribution is -0.454. The highest BCUT2D eigenvalue weighted by molar-refractivity contribution is 4.93. The van der Waals surface area contributed by atoms with E-state index in [2.05, 4.69) is 0 Å². The smallest absolute Gasteiger partial charge is 0.274 e. The largest absolute Gasteiger partial charge is 0.361 e. The third-order valence-corrected chi connectivity index (χ3v) is 10.7. The molecule has 6 nitrogen and oxygen atoms in total. The topological polar surface area (TPSA) is 121 Å². The van der Waals surface area contributed by atoms with Gasteiger partial charge in [0.1, 0.15) is 0 Å². The maximum absolute atomic E-state index is 10.4. The Bertz CT molecular complexity index is 598. The predicted octanol–water partition coefficient (Wildman–Crippen LogP) is 10.5. The van der Waals surface area contributed by atoms with Crippen LogP contribution in [-0.2, 0) is 0 Å². The molecule has 0 aromatic rings. The van der Waals surface area contributed by atoms with Gasteiger partial charge >= 0.3 is 0 Å². The van der Waals surface area contributed by atoms with Gasteiger partial charge in [-0.2, -0.15) is 0 Å². The second-order valence-electron chi connectivity index (χ2n) is 15.2. The highest BCUT2D eigenvalue weighted by atomic mass is 16.7. The van der Waals surface area contributed by atoms with Crippen LogP contribution < -0.4 is 0 Å². The van der Waals surface area contributed by atoms with E-state index in [0.717, 1.165) is 38.5 Å². The molecule has 1 saturated carbocycles. The van der Waals surface area contributed by atoms with E-state index in [1.807, 2.05) is 0 Å². The molecule has 0 radical (unpaired) electrons. The Morgan fingerprint density at radius 1 is 0.174 bits per heavy atom. The van der Waals surface area contributed by atoms with E-state index < -0.39 is 17.4 Å². The zero-order valence-electron chi connectivity index (χ0n) is 30.3. The van der Waals surface area contributed by atoms with E-state index in [0.29, 0.717) is 12.8 Å². The van der Waals surface area contributed by atoms with Gasteiger partial charge in [0.25, 0.3) is 5.79 Å². The third kappa shape index (κ3) is 22.4. The molecule has 1 fully saturated rings. The second-order valence-corrected chi connectivity index (χ2v) is 15.2. The van der Waals surface area contributed by atoms with Gasteiger partial charge in [-0.25, -0.2) is 0 Å². The first-order chi connectivity index (χ1) is 22.2. The lowest BCUT2D eigenvalue weighted by Crippen LogP contribution is -2.68. The molecule has 0 aliphatic heterocycles. The summed E-state index contributed by atoms with van der Waals surface area (Å²) in [5.74, 6) is -9.38. The minimum Gasteiger partial charge on any atom is -0.361 e. The van der Waals surface area contributed by atoms with Crippen molar-refractivity contribution in [1.82, 2.24) is 0 Å². The van der Waals surface area contributed by atoms with Crippen molar-refractivity contribution in [2.45, 2.75) is 255 Å². The molecule has 1 aliphatic rings. The molecule has 1 rings (SSSR count). The average molecular weight is 657 g/mol. The van der Waals surface area contributed by atoms with Crippen molar-refractivity contribution < 1.29 is 30.6 Å². The fourth-order valence-electron chi connectivity index (χ4n) is 7.25. The summed E-state index contributed by atoms with van der Waals surface area (Å²) < 4.78 is 0. The van der Waals surface area contributed by atoms with Crippen molar-refractivity contribution in [2.24, 2.45) is 0 Å². The van der Waals surface area contributed by atoms with Gasteiger partial charge in [0.2, 0.25) is 11.6 Å². The minimum absolute atomic E-state index is 0.317. The molecule has 0 unspecified atom stereocenters. The van der Waals surface area contributed by atoms with Crippen LogP contribution in [0, 0.1) is 0 Å². The lowest BCUT2D eigenvalue weighted by atomic mass is 9.88. The zero-order chi connectivity index (χ0) is 33.7. The highest BCUT2D eigenvalue weighted by Crippen LogP contribution is 2.35. The van der Waals surface area contributed by atoms with Gasteiger partial charge in [-0.05, 0) is 12.8 Å². The summed E-state index contributed by atoms with van der Waals surface area (Å²) in [7, 11) is 0. The Labute approximate surface area is 285 Å². The van der Waals surface area contributed by atoms with Crippen molar-refractivity contribution in [3.8, 4) is 0 Å². The molecule has 0 spiro atoms. The van der Waals surface area contributed by atoms with Crippen LogP contribution in [0.1, 0.15) is 238 Å². The molecule has 0 bridgehead atoms. The number of aliphatic hydroxyl groups is 6. The third-order valence-electron chi connectivity index (χ3n) is 10.7. The molecular weight excluding hydrogens is 576 g/mol. The van der Waals surface area contributed by atoms with Crippen molar-refractivity contribution >= 4 is 0 Å². The van der Waals surface area contributed by atoms with Crippen molar-refractivity contribution in [3.63, 3.8) is 0 Å². The maximum Gasteiger partial charge on any atom is 0.274 e. The zero-order valence-corrected chi connectivity index (χ0v) is 30.3. The molecular formula is C40H80O6. The minimum atomic E-state index is -3.41. The SMILES string of the molecule is OC1(O)CCCCCCCCCCCCCCCCCCCCCCCCCCCCCCCCCCCCCC(O)(O)C1(O)O. The maximum atomic E-state index is 10.4. The van der Waals surface area contributed by atoms with Gasteiger partial charge in [0.15, 0.2) is 0 Å². The Morgan fingerprint density at radius 3 is 0.413 bits per heavy atom. The van der Waals surface area contributed by atoms with Crippen LogP contribution in [-0.4, -0.2) is 48.0 Å². The lowest BCUT2D eigenvalue weighted by Gasteiger charge is -2.43. The predicted molar refractivity (Wildman–Crippen MR) is 192 cm³/mol. The van der Waals surface area contributed by atoms with Gasteiger partial charge in [-0.3, -0.25) is 0 Å². The summed E-state index contributed by atoms with van der Waals surface area (Å²) in [5, 5.41) is 62.3. The Balaban J connectivity index is 2.30. The first-order valence-corrected chi connectivity index (χ1v) is 20.5. The van der Waals surface area contributed by atoms with Gasteiger partial charge < -0.3 is 30.6 Å². The molecule has 6 heteroatoms. The molecule has 0 amide bonds. The van der Waals surface area contributed by atoms with Crippen LogP contribution in [0.2, 0.25) is 0 Å². The molecule has 0 aromatic heterocycles. The van der Waals surface area contributed by atoms with Crippen molar-refractivity contribution in [1.29, 1.82) is 0 Å². The van der Waals surface area contributed by atoms with Crippen LogP contribution in [0.4, 0.5) is 0 Å². The van der Waals surface area contributed by atoms with Crippen molar-refractivity contribution in [2.75, 3.05) is 0 Å². The molecule has 0 atom stereocenters. The second kappa shape index (κ2) is 28.6. The summed E-state index contributed by atoms with van der Waals surface area (Å²) in [4.78, 5) is 0. The molecule has 0 aromatic carbocycles. The van der Waals surface area contributed by atoms with E-state index >= 15 is 0 Å². The molecule has 1 aliphatic carbocycles. The monoisotopic (exact) mass is 657 g/mol. The summed E-state index contributed by atoms with van der Waals surface area (Å²) >= 11 is 0. The number of rotatable bonds is 0. The normalized spacial score (nSPS) is 26.0. The first-order valence-electron chi connectivity index (χ1n) is 20.5. The summed E-state index contributed by atoms with van der Waals surface area (Å²) in [6, 6.07) is 0. The Hall–Kier alpha value is -0.240. The standard InChI is InChI=1S/C40H80O6/c41-38(42)36-34-32-30-28-26-24-22-20-18-16-14-12-10-8-6-4-2-1-3-5-7-9-11-13-15-17-19-21-23-25-27-29-31-33-35-37-39(43,44)40(38,45)46/h41-46H,1-37H2. The molecule has 276 valence electrons. The average Bonchev–Trinajstić information content (AvgIpc) is 3.02. The van der Waals surface area contributed by atoms with Gasteiger partial charge in [-0.15, -0.1) is 0 Å². The van der Waals surface area contributed by atoms with Crippen LogP contribution in [0.5, 0.6) is 0 Å². The van der Waals surface area contributed by atoms with Gasteiger partial charge in [0.05, 0.1) is 0 Å². The quantitative estimate of drug-likeness (QED) is 0.144. The van der Waals surface area contributed by atoms with E-state index in [1.165, 1.54) is 173 Å². The summed E-state index contributed by atoms with van der Waals surface area (Å²) in [6.45, 7) is 0. The number of hydrogen-bond donors (Lipinski definition) is 6. The van der Waals surface area contributed by atoms with Crippen LogP contribution in [0.3, 0.4) is 0 Å². The van der Waals surface area contributed by atoms with Crippen molar-refractivity contribution in [3.05, 3.63) is 0 Å². The Kier molecular flexibility index (Phi) is 27.2.